The van der Waals surface area contributed by atoms with Gasteiger partial charge in [-0.25, -0.2) is 9.07 Å². The molecule has 0 unspecified atom stereocenters. The lowest BCUT2D eigenvalue weighted by Gasteiger charge is -2.23. The average Bonchev–Trinajstić information content (AvgIpc) is 3.48. The van der Waals surface area contributed by atoms with Gasteiger partial charge in [0.15, 0.2) is 0 Å². The molecular formula is C29H29BrFN3O2. The first-order valence-electron chi connectivity index (χ1n) is 12.2. The lowest BCUT2D eigenvalue weighted by molar-refractivity contribution is 0.00521. The van der Waals surface area contributed by atoms with Gasteiger partial charge in [0, 0.05) is 34.9 Å². The van der Waals surface area contributed by atoms with Crippen molar-refractivity contribution in [1.82, 2.24) is 14.7 Å². The summed E-state index contributed by atoms with van der Waals surface area (Å²) < 4.78 is 28.6. The maximum absolute atomic E-state index is 13.7. The van der Waals surface area contributed by atoms with E-state index in [4.69, 9.17) is 14.6 Å². The van der Waals surface area contributed by atoms with E-state index in [9.17, 15) is 4.39 Å². The van der Waals surface area contributed by atoms with Crippen molar-refractivity contribution >= 4 is 15.9 Å². The highest BCUT2D eigenvalue weighted by molar-refractivity contribution is 9.10. The molecule has 2 atom stereocenters. The zero-order valence-electron chi connectivity index (χ0n) is 20.4. The summed E-state index contributed by atoms with van der Waals surface area (Å²) in [5.74, 6) is 0.622. The van der Waals surface area contributed by atoms with E-state index >= 15 is 0 Å². The normalized spacial score (nSPS) is 18.0. The molecule has 0 saturated carbocycles. The van der Waals surface area contributed by atoms with Crippen LogP contribution in [-0.4, -0.2) is 40.5 Å². The van der Waals surface area contributed by atoms with Crippen LogP contribution in [-0.2, 0) is 11.2 Å². The molecule has 186 valence electrons. The van der Waals surface area contributed by atoms with Crippen molar-refractivity contribution in [3.63, 3.8) is 0 Å². The molecule has 3 aromatic carbocycles. The number of hydrogen-bond acceptors (Lipinski definition) is 4. The molecule has 2 heterocycles. The largest absolute Gasteiger partial charge is 0.494 e. The van der Waals surface area contributed by atoms with Crippen LogP contribution in [0, 0.1) is 5.82 Å². The third-order valence-corrected chi connectivity index (χ3v) is 6.85. The smallest absolute Gasteiger partial charge is 0.140 e. The highest BCUT2D eigenvalue weighted by atomic mass is 79.9. The van der Waals surface area contributed by atoms with E-state index in [2.05, 4.69) is 39.9 Å². The second-order valence-electron chi connectivity index (χ2n) is 8.98. The van der Waals surface area contributed by atoms with Gasteiger partial charge in [-0.1, -0.05) is 28.1 Å². The van der Waals surface area contributed by atoms with Crippen LogP contribution in [0.1, 0.15) is 31.2 Å². The Balaban J connectivity index is 1.44. The molecule has 5 nitrogen and oxygen atoms in total. The molecular weight excluding hydrogens is 521 g/mol. The summed E-state index contributed by atoms with van der Waals surface area (Å²) in [5.41, 5.74) is 4.82. The van der Waals surface area contributed by atoms with Crippen LogP contribution in [0.25, 0.3) is 16.9 Å². The molecule has 1 aromatic heterocycles. The minimum Gasteiger partial charge on any atom is -0.494 e. The van der Waals surface area contributed by atoms with Crippen LogP contribution in [0.4, 0.5) is 4.39 Å². The zero-order chi connectivity index (χ0) is 25.1. The van der Waals surface area contributed by atoms with Crippen molar-refractivity contribution in [2.75, 3.05) is 19.7 Å². The summed E-state index contributed by atoms with van der Waals surface area (Å²) in [6.45, 7) is 6.42. The first kappa shape index (κ1) is 24.7. The van der Waals surface area contributed by atoms with Crippen molar-refractivity contribution in [1.29, 1.82) is 0 Å². The first-order chi connectivity index (χ1) is 17.5. The van der Waals surface area contributed by atoms with E-state index in [1.165, 1.54) is 17.7 Å². The molecule has 1 aliphatic rings. The third kappa shape index (κ3) is 5.53. The molecule has 1 saturated heterocycles. The standard InChI is InChI=1S/C29H29BrFN3O2/c1-3-35-26-14-4-21(5-15-26)16-17-33-18-20(2)36-29(33)27-19-34(25-12-8-23(30)9-13-25)32-28(27)22-6-10-24(31)11-7-22/h4-15,19-20,29H,3,16-18H2,1-2H3/t20-,29-/m0/s1. The van der Waals surface area contributed by atoms with Crippen molar-refractivity contribution in [3.8, 4) is 22.7 Å². The minimum absolute atomic E-state index is 0.0902. The van der Waals surface area contributed by atoms with Gasteiger partial charge in [0.1, 0.15) is 17.8 Å². The molecule has 0 spiro atoms. The molecule has 1 fully saturated rings. The Morgan fingerprint density at radius 2 is 1.75 bits per heavy atom. The quantitative estimate of drug-likeness (QED) is 0.242. The lowest BCUT2D eigenvalue weighted by atomic mass is 10.1. The summed E-state index contributed by atoms with van der Waals surface area (Å²) in [7, 11) is 0. The maximum Gasteiger partial charge on any atom is 0.140 e. The fraction of sp³-hybridized carbons (Fsp3) is 0.276. The molecule has 0 radical (unpaired) electrons. The molecule has 36 heavy (non-hydrogen) atoms. The third-order valence-electron chi connectivity index (χ3n) is 6.32. The molecule has 1 aliphatic heterocycles. The van der Waals surface area contributed by atoms with Crippen molar-refractivity contribution in [3.05, 3.63) is 100 Å². The predicted molar refractivity (Wildman–Crippen MR) is 143 cm³/mol. The van der Waals surface area contributed by atoms with Gasteiger partial charge < -0.3 is 9.47 Å². The molecule has 0 amide bonds. The Morgan fingerprint density at radius 3 is 2.44 bits per heavy atom. The number of hydrogen-bond donors (Lipinski definition) is 0. The Bertz CT molecular complexity index is 1290. The monoisotopic (exact) mass is 549 g/mol. The molecule has 0 N–H and O–H groups in total. The van der Waals surface area contributed by atoms with E-state index < -0.39 is 0 Å². The number of rotatable bonds is 8. The lowest BCUT2D eigenvalue weighted by Crippen LogP contribution is -2.27. The second-order valence-corrected chi connectivity index (χ2v) is 9.90. The SMILES string of the molecule is CCOc1ccc(CCN2C[C@H](C)O[C@H]2c2cn(-c3ccc(Br)cc3)nc2-c2ccc(F)cc2)cc1. The highest BCUT2D eigenvalue weighted by Gasteiger charge is 2.34. The highest BCUT2D eigenvalue weighted by Crippen LogP contribution is 2.37. The average molecular weight is 550 g/mol. The molecule has 7 heteroatoms. The number of benzene rings is 3. The summed E-state index contributed by atoms with van der Waals surface area (Å²) in [6, 6.07) is 22.8. The predicted octanol–water partition coefficient (Wildman–Crippen LogP) is 6.80. The van der Waals surface area contributed by atoms with Crippen LogP contribution in [0.5, 0.6) is 5.75 Å². The van der Waals surface area contributed by atoms with Gasteiger partial charge in [0.05, 0.1) is 24.1 Å². The van der Waals surface area contributed by atoms with Crippen molar-refractivity contribution in [2.45, 2.75) is 32.6 Å². The van der Waals surface area contributed by atoms with Crippen LogP contribution in [0.3, 0.4) is 0 Å². The van der Waals surface area contributed by atoms with E-state index in [-0.39, 0.29) is 18.1 Å². The number of ether oxygens (including phenoxy) is 2. The van der Waals surface area contributed by atoms with Gasteiger partial charge in [-0.15, -0.1) is 0 Å². The van der Waals surface area contributed by atoms with Gasteiger partial charge in [-0.3, -0.25) is 4.90 Å². The van der Waals surface area contributed by atoms with E-state index in [1.807, 2.05) is 54.2 Å². The van der Waals surface area contributed by atoms with Crippen LogP contribution in [0.2, 0.25) is 0 Å². The summed E-state index contributed by atoms with van der Waals surface area (Å²) in [5, 5.41) is 4.92. The van der Waals surface area contributed by atoms with E-state index in [0.29, 0.717) is 6.61 Å². The van der Waals surface area contributed by atoms with Gasteiger partial charge >= 0.3 is 0 Å². The van der Waals surface area contributed by atoms with Crippen molar-refractivity contribution in [2.24, 2.45) is 0 Å². The number of nitrogens with zero attached hydrogens (tertiary/aromatic N) is 3. The summed E-state index contributed by atoms with van der Waals surface area (Å²) >= 11 is 3.50. The van der Waals surface area contributed by atoms with Crippen LogP contribution < -0.4 is 4.74 Å². The topological polar surface area (TPSA) is 39.5 Å². The maximum atomic E-state index is 13.7. The van der Waals surface area contributed by atoms with Gasteiger partial charge in [-0.2, -0.15) is 5.10 Å². The Kier molecular flexibility index (Phi) is 7.51. The molecule has 0 bridgehead atoms. The van der Waals surface area contributed by atoms with Gasteiger partial charge in [0.2, 0.25) is 0 Å². The summed E-state index contributed by atoms with van der Waals surface area (Å²) in [4.78, 5) is 2.36. The minimum atomic E-state index is -0.268. The number of aromatic nitrogens is 2. The molecule has 4 aromatic rings. The van der Waals surface area contributed by atoms with E-state index in [0.717, 1.165) is 52.2 Å². The second kappa shape index (κ2) is 10.9. The summed E-state index contributed by atoms with van der Waals surface area (Å²) in [6.07, 6.45) is 2.78. The fourth-order valence-electron chi connectivity index (χ4n) is 4.57. The zero-order valence-corrected chi connectivity index (χ0v) is 22.0. The van der Waals surface area contributed by atoms with Gasteiger partial charge in [0.25, 0.3) is 0 Å². The Labute approximate surface area is 219 Å². The van der Waals surface area contributed by atoms with Crippen LogP contribution >= 0.6 is 15.9 Å². The molecule has 0 aliphatic carbocycles. The van der Waals surface area contributed by atoms with Gasteiger partial charge in [-0.05, 0) is 86.5 Å². The fourth-order valence-corrected chi connectivity index (χ4v) is 4.84. The number of halogens is 2. The van der Waals surface area contributed by atoms with E-state index in [1.54, 1.807) is 12.1 Å². The Hall–Kier alpha value is -3.00. The Morgan fingerprint density at radius 1 is 1.03 bits per heavy atom. The molecule has 5 rings (SSSR count). The van der Waals surface area contributed by atoms with Crippen LogP contribution in [0.15, 0.2) is 83.5 Å². The van der Waals surface area contributed by atoms with Crippen molar-refractivity contribution < 1.29 is 13.9 Å². The first-order valence-corrected chi connectivity index (χ1v) is 13.0.